The first-order valence-electron chi connectivity index (χ1n) is 5.07. The second-order valence-electron chi connectivity index (χ2n) is 3.61. The van der Waals surface area contributed by atoms with E-state index in [0.717, 1.165) is 12.1 Å². The summed E-state index contributed by atoms with van der Waals surface area (Å²) in [5.74, 6) is -2.27. The molecule has 0 N–H and O–H groups in total. The van der Waals surface area contributed by atoms with E-state index in [1.54, 1.807) is 6.07 Å². The molecule has 0 aliphatic heterocycles. The average Bonchev–Trinajstić information content (AvgIpc) is 2.30. The molecule has 18 heavy (non-hydrogen) atoms. The fourth-order valence-electron chi connectivity index (χ4n) is 1.42. The molecule has 2 rings (SSSR count). The minimum Gasteiger partial charge on any atom is -0.454 e. The Hall–Kier alpha value is -1.68. The third-order valence-electron chi connectivity index (χ3n) is 2.21. The summed E-state index contributed by atoms with van der Waals surface area (Å²) in [6.07, 6.45) is 0. The SMILES string of the molecule is Fc1cc(F)cc(Oc2ccc(CCl)cc2F)c1. The number of hydrogen-bond acceptors (Lipinski definition) is 1. The molecule has 0 amide bonds. The van der Waals surface area contributed by atoms with Gasteiger partial charge in [0.15, 0.2) is 11.6 Å². The molecule has 1 nitrogen and oxygen atoms in total. The molecule has 0 saturated carbocycles. The van der Waals surface area contributed by atoms with Crippen LogP contribution in [0, 0.1) is 17.5 Å². The predicted molar refractivity (Wildman–Crippen MR) is 62.4 cm³/mol. The fourth-order valence-corrected chi connectivity index (χ4v) is 1.59. The van der Waals surface area contributed by atoms with Gasteiger partial charge in [-0.25, -0.2) is 13.2 Å². The molecule has 5 heteroatoms. The van der Waals surface area contributed by atoms with Gasteiger partial charge in [0.1, 0.15) is 17.4 Å². The van der Waals surface area contributed by atoms with Gasteiger partial charge >= 0.3 is 0 Å². The van der Waals surface area contributed by atoms with E-state index in [1.165, 1.54) is 12.1 Å². The zero-order valence-electron chi connectivity index (χ0n) is 9.09. The minimum atomic E-state index is -0.789. The molecule has 0 aromatic heterocycles. The Bertz CT molecular complexity index is 552. The minimum absolute atomic E-state index is 0.106. The standard InChI is InChI=1S/C13H8ClF3O/c14-7-8-1-2-13(12(17)3-8)18-11-5-9(15)4-10(16)6-11/h1-6H,7H2. The maximum Gasteiger partial charge on any atom is 0.166 e. The Balaban J connectivity index is 2.28. The molecule has 0 aliphatic rings. The number of halogens is 4. The summed E-state index contributed by atoms with van der Waals surface area (Å²) in [4.78, 5) is 0. The second-order valence-corrected chi connectivity index (χ2v) is 3.87. The van der Waals surface area contributed by atoms with Crippen molar-refractivity contribution >= 4 is 11.6 Å². The Labute approximate surface area is 107 Å². The smallest absolute Gasteiger partial charge is 0.166 e. The van der Waals surface area contributed by atoms with E-state index in [-0.39, 0.29) is 17.4 Å². The Morgan fingerprint density at radius 2 is 1.61 bits per heavy atom. The van der Waals surface area contributed by atoms with Crippen molar-refractivity contribution in [2.45, 2.75) is 5.88 Å². The first-order chi connectivity index (χ1) is 8.58. The van der Waals surface area contributed by atoms with E-state index in [0.29, 0.717) is 11.6 Å². The number of alkyl halides is 1. The molecule has 0 heterocycles. The van der Waals surface area contributed by atoms with Gasteiger partial charge in [0.25, 0.3) is 0 Å². The summed E-state index contributed by atoms with van der Waals surface area (Å²) < 4.78 is 44.5. The molecular formula is C13H8ClF3O. The van der Waals surface area contributed by atoms with Gasteiger partial charge in [-0.05, 0) is 17.7 Å². The number of ether oxygens (including phenoxy) is 1. The van der Waals surface area contributed by atoms with E-state index in [1.807, 2.05) is 0 Å². The van der Waals surface area contributed by atoms with Crippen LogP contribution in [0.15, 0.2) is 36.4 Å². The lowest BCUT2D eigenvalue weighted by molar-refractivity contribution is 0.433. The van der Waals surface area contributed by atoms with Gasteiger partial charge in [-0.2, -0.15) is 0 Å². The van der Waals surface area contributed by atoms with E-state index in [2.05, 4.69) is 0 Å². The largest absolute Gasteiger partial charge is 0.454 e. The highest BCUT2D eigenvalue weighted by molar-refractivity contribution is 6.17. The van der Waals surface area contributed by atoms with Gasteiger partial charge in [0, 0.05) is 24.1 Å². The van der Waals surface area contributed by atoms with Gasteiger partial charge in [-0.3, -0.25) is 0 Å². The van der Waals surface area contributed by atoms with Gasteiger partial charge in [0.2, 0.25) is 0 Å². The van der Waals surface area contributed by atoms with Crippen molar-refractivity contribution in [2.24, 2.45) is 0 Å². The van der Waals surface area contributed by atoms with Crippen molar-refractivity contribution < 1.29 is 17.9 Å². The van der Waals surface area contributed by atoms with Crippen LogP contribution in [0.5, 0.6) is 11.5 Å². The highest BCUT2D eigenvalue weighted by Crippen LogP contribution is 2.26. The average molecular weight is 273 g/mol. The van der Waals surface area contributed by atoms with Crippen LogP contribution >= 0.6 is 11.6 Å². The van der Waals surface area contributed by atoms with Crippen LogP contribution in [-0.2, 0) is 5.88 Å². The van der Waals surface area contributed by atoms with Gasteiger partial charge < -0.3 is 4.74 Å². The van der Waals surface area contributed by atoms with Crippen molar-refractivity contribution in [3.05, 3.63) is 59.4 Å². The molecule has 2 aromatic carbocycles. The monoisotopic (exact) mass is 272 g/mol. The second kappa shape index (κ2) is 5.31. The lowest BCUT2D eigenvalue weighted by atomic mass is 10.2. The third kappa shape index (κ3) is 2.96. The molecule has 0 aliphatic carbocycles. The molecule has 0 radical (unpaired) electrons. The quantitative estimate of drug-likeness (QED) is 0.740. The zero-order chi connectivity index (χ0) is 13.1. The topological polar surface area (TPSA) is 9.23 Å². The summed E-state index contributed by atoms with van der Waals surface area (Å²) in [7, 11) is 0. The molecule has 0 atom stereocenters. The van der Waals surface area contributed by atoms with Gasteiger partial charge in [-0.15, -0.1) is 11.6 Å². The molecule has 0 saturated heterocycles. The van der Waals surface area contributed by atoms with E-state index >= 15 is 0 Å². The van der Waals surface area contributed by atoms with Crippen LogP contribution in [0.2, 0.25) is 0 Å². The third-order valence-corrected chi connectivity index (χ3v) is 2.52. The van der Waals surface area contributed by atoms with Crippen LogP contribution in [0.25, 0.3) is 0 Å². The van der Waals surface area contributed by atoms with Crippen LogP contribution in [0.4, 0.5) is 13.2 Å². The highest BCUT2D eigenvalue weighted by atomic mass is 35.5. The maximum absolute atomic E-state index is 13.6. The van der Waals surface area contributed by atoms with E-state index in [4.69, 9.17) is 16.3 Å². The predicted octanol–water partition coefficient (Wildman–Crippen LogP) is 4.64. The van der Waals surface area contributed by atoms with Crippen molar-refractivity contribution in [1.82, 2.24) is 0 Å². The normalized spacial score (nSPS) is 10.4. The maximum atomic E-state index is 13.6. The molecule has 0 unspecified atom stereocenters. The first-order valence-corrected chi connectivity index (χ1v) is 5.60. The van der Waals surface area contributed by atoms with Gasteiger partial charge in [0.05, 0.1) is 0 Å². The van der Waals surface area contributed by atoms with Crippen LogP contribution in [-0.4, -0.2) is 0 Å². The van der Waals surface area contributed by atoms with Crippen LogP contribution in [0.3, 0.4) is 0 Å². The number of benzene rings is 2. The molecule has 0 fully saturated rings. The number of hydrogen-bond donors (Lipinski definition) is 0. The first kappa shape index (κ1) is 12.8. The highest BCUT2D eigenvalue weighted by Gasteiger charge is 2.08. The Morgan fingerprint density at radius 3 is 2.17 bits per heavy atom. The lowest BCUT2D eigenvalue weighted by Crippen LogP contribution is -1.91. The lowest BCUT2D eigenvalue weighted by Gasteiger charge is -2.07. The van der Waals surface area contributed by atoms with Crippen LogP contribution < -0.4 is 4.74 Å². The zero-order valence-corrected chi connectivity index (χ0v) is 9.85. The molecule has 2 aromatic rings. The molecule has 94 valence electrons. The van der Waals surface area contributed by atoms with Crippen molar-refractivity contribution in [1.29, 1.82) is 0 Å². The summed E-state index contributed by atoms with van der Waals surface area (Å²) >= 11 is 5.55. The van der Waals surface area contributed by atoms with Crippen molar-refractivity contribution in [2.75, 3.05) is 0 Å². The number of rotatable bonds is 3. The molecule has 0 bridgehead atoms. The Morgan fingerprint density at radius 1 is 0.944 bits per heavy atom. The van der Waals surface area contributed by atoms with Crippen molar-refractivity contribution in [3.63, 3.8) is 0 Å². The van der Waals surface area contributed by atoms with Gasteiger partial charge in [-0.1, -0.05) is 6.07 Å². The molecular weight excluding hydrogens is 265 g/mol. The van der Waals surface area contributed by atoms with Crippen LogP contribution in [0.1, 0.15) is 5.56 Å². The van der Waals surface area contributed by atoms with E-state index in [9.17, 15) is 13.2 Å². The summed E-state index contributed by atoms with van der Waals surface area (Å²) in [6.45, 7) is 0. The fraction of sp³-hybridized carbons (Fsp3) is 0.0769. The Kier molecular flexibility index (Phi) is 3.77. The van der Waals surface area contributed by atoms with Crippen molar-refractivity contribution in [3.8, 4) is 11.5 Å². The summed E-state index contributed by atoms with van der Waals surface area (Å²) in [5, 5.41) is 0. The van der Waals surface area contributed by atoms with E-state index < -0.39 is 17.5 Å². The molecule has 0 spiro atoms. The summed E-state index contributed by atoms with van der Waals surface area (Å²) in [5.41, 5.74) is 0.590. The summed E-state index contributed by atoms with van der Waals surface area (Å²) in [6, 6.07) is 6.78.